The van der Waals surface area contributed by atoms with E-state index in [4.69, 9.17) is 0 Å². The molecule has 0 radical (unpaired) electrons. The Bertz CT molecular complexity index is 1040. The number of hydrogen-bond donors (Lipinski definition) is 2. The van der Waals surface area contributed by atoms with Crippen molar-refractivity contribution < 1.29 is 9.59 Å². The maximum Gasteiger partial charge on any atom is 0.248 e. The molecule has 3 aliphatic rings. The Morgan fingerprint density at radius 3 is 2.40 bits per heavy atom. The van der Waals surface area contributed by atoms with Gasteiger partial charge in [0.05, 0.1) is 6.04 Å². The lowest BCUT2D eigenvalue weighted by molar-refractivity contribution is -0.128. The third-order valence-electron chi connectivity index (χ3n) is 7.98. The van der Waals surface area contributed by atoms with Crippen LogP contribution < -0.4 is 15.5 Å². The molecule has 0 spiro atoms. The first-order valence-electron chi connectivity index (χ1n) is 13.2. The Morgan fingerprint density at radius 2 is 1.83 bits per heavy atom. The zero-order valence-corrected chi connectivity index (χ0v) is 21.2. The van der Waals surface area contributed by atoms with E-state index in [9.17, 15) is 9.59 Å². The van der Waals surface area contributed by atoms with Crippen molar-refractivity contribution in [2.45, 2.75) is 82.8 Å². The van der Waals surface area contributed by atoms with Gasteiger partial charge in [-0.05, 0) is 66.8 Å². The number of piperidine rings is 1. The van der Waals surface area contributed by atoms with E-state index in [2.05, 4.69) is 48.5 Å². The number of amides is 2. The van der Waals surface area contributed by atoms with Crippen molar-refractivity contribution in [3.8, 4) is 0 Å². The first-order valence-corrected chi connectivity index (χ1v) is 13.2. The van der Waals surface area contributed by atoms with Gasteiger partial charge in [0, 0.05) is 29.7 Å². The van der Waals surface area contributed by atoms with Gasteiger partial charge in [0.25, 0.3) is 0 Å². The van der Waals surface area contributed by atoms with Crippen LogP contribution in [-0.2, 0) is 15.0 Å². The van der Waals surface area contributed by atoms with Crippen molar-refractivity contribution in [1.82, 2.24) is 15.6 Å². The standard InChI is InChI=1S/C29H38N4O2/c1-29(2,3)21-11-13-23(14-12-21)33(28(35)25-24-16-20(24)18-31-25)26(19-8-7-15-30-17-19)27(34)32-22-9-5-4-6-10-22/h7-8,11-15,17,20,22,24-26,31H,4-6,9-10,16,18H2,1-3H3,(H,32,34)/t20-,24-,25-,26?/m1/s1. The molecule has 2 saturated carbocycles. The van der Waals surface area contributed by atoms with Gasteiger partial charge in [0.15, 0.2) is 0 Å². The van der Waals surface area contributed by atoms with Crippen LogP contribution in [0.15, 0.2) is 48.8 Å². The van der Waals surface area contributed by atoms with E-state index in [0.717, 1.165) is 49.9 Å². The van der Waals surface area contributed by atoms with Crippen LogP contribution in [0.5, 0.6) is 0 Å². The molecule has 2 heterocycles. The van der Waals surface area contributed by atoms with Gasteiger partial charge in [-0.3, -0.25) is 19.5 Å². The Balaban J connectivity index is 1.53. The fraction of sp³-hybridized carbons (Fsp3) is 0.552. The summed E-state index contributed by atoms with van der Waals surface area (Å²) in [6.45, 7) is 7.41. The van der Waals surface area contributed by atoms with Crippen LogP contribution in [0.25, 0.3) is 0 Å². The van der Waals surface area contributed by atoms with E-state index in [1.165, 1.54) is 12.0 Å². The second-order valence-corrected chi connectivity index (χ2v) is 11.6. The predicted octanol–water partition coefficient (Wildman–Crippen LogP) is 4.51. The van der Waals surface area contributed by atoms with E-state index in [1.807, 2.05) is 24.3 Å². The lowest BCUT2D eigenvalue weighted by Gasteiger charge is -2.35. The number of aromatic nitrogens is 1. The van der Waals surface area contributed by atoms with E-state index in [1.54, 1.807) is 17.3 Å². The van der Waals surface area contributed by atoms with Crippen LogP contribution in [0.1, 0.15) is 76.5 Å². The normalized spacial score (nSPS) is 24.9. The summed E-state index contributed by atoms with van der Waals surface area (Å²) in [7, 11) is 0. The average Bonchev–Trinajstić information content (AvgIpc) is 3.51. The molecule has 1 aromatic heterocycles. The molecule has 1 unspecified atom stereocenters. The lowest BCUT2D eigenvalue weighted by atomic mass is 9.87. The Hall–Kier alpha value is -2.73. The number of rotatable bonds is 6. The average molecular weight is 475 g/mol. The highest BCUT2D eigenvalue weighted by Crippen LogP contribution is 2.46. The minimum absolute atomic E-state index is 0.00270. The number of nitrogens with one attached hydrogen (secondary N) is 2. The monoisotopic (exact) mass is 474 g/mol. The fourth-order valence-corrected chi connectivity index (χ4v) is 5.77. The third kappa shape index (κ3) is 5.13. The number of hydrogen-bond acceptors (Lipinski definition) is 4. The third-order valence-corrected chi connectivity index (χ3v) is 7.98. The Kier molecular flexibility index (Phi) is 6.67. The summed E-state index contributed by atoms with van der Waals surface area (Å²) in [6, 6.07) is 11.0. The molecule has 2 amide bonds. The lowest BCUT2D eigenvalue weighted by Crippen LogP contribution is -2.52. The molecule has 6 heteroatoms. The maximum absolute atomic E-state index is 14.1. The van der Waals surface area contributed by atoms with Crippen molar-refractivity contribution in [3.05, 3.63) is 59.9 Å². The summed E-state index contributed by atoms with van der Waals surface area (Å²) in [4.78, 5) is 34.1. The molecule has 1 aromatic carbocycles. The second kappa shape index (κ2) is 9.73. The van der Waals surface area contributed by atoms with Gasteiger partial charge < -0.3 is 10.6 Å². The SMILES string of the molecule is CC(C)(C)c1ccc(N(C(=O)[C@@H]2NC[C@H]3C[C@H]32)C(C(=O)NC2CCCCC2)c2cccnc2)cc1. The highest BCUT2D eigenvalue weighted by Gasteiger charge is 2.53. The van der Waals surface area contributed by atoms with Crippen LogP contribution in [0.4, 0.5) is 5.69 Å². The largest absolute Gasteiger partial charge is 0.351 e. The van der Waals surface area contributed by atoms with Gasteiger partial charge in [0.1, 0.15) is 6.04 Å². The smallest absolute Gasteiger partial charge is 0.248 e. The fourth-order valence-electron chi connectivity index (χ4n) is 5.77. The van der Waals surface area contributed by atoms with E-state index in [-0.39, 0.29) is 29.3 Å². The van der Waals surface area contributed by atoms with E-state index >= 15 is 0 Å². The molecule has 6 nitrogen and oxygen atoms in total. The van der Waals surface area contributed by atoms with Gasteiger partial charge in [-0.25, -0.2) is 0 Å². The first-order chi connectivity index (χ1) is 16.8. The molecule has 3 fully saturated rings. The summed E-state index contributed by atoms with van der Waals surface area (Å²) in [6.07, 6.45) is 9.99. The van der Waals surface area contributed by atoms with Gasteiger partial charge in [0.2, 0.25) is 11.8 Å². The number of carbonyl (C=O) groups is 2. The molecule has 4 atom stereocenters. The molecular formula is C29H38N4O2. The molecule has 0 bridgehead atoms. The van der Waals surface area contributed by atoms with Crippen molar-refractivity contribution in [3.63, 3.8) is 0 Å². The van der Waals surface area contributed by atoms with Crippen LogP contribution >= 0.6 is 0 Å². The summed E-state index contributed by atoms with van der Waals surface area (Å²) in [5.41, 5.74) is 2.68. The molecule has 5 rings (SSSR count). The quantitative estimate of drug-likeness (QED) is 0.646. The van der Waals surface area contributed by atoms with Gasteiger partial charge in [-0.1, -0.05) is 58.2 Å². The predicted molar refractivity (Wildman–Crippen MR) is 138 cm³/mol. The van der Waals surface area contributed by atoms with Crippen molar-refractivity contribution in [2.24, 2.45) is 11.8 Å². The number of benzene rings is 1. The molecule has 2 N–H and O–H groups in total. The minimum Gasteiger partial charge on any atom is -0.351 e. The number of nitrogens with zero attached hydrogens (tertiary/aromatic N) is 2. The number of pyridine rings is 1. The molecule has 35 heavy (non-hydrogen) atoms. The van der Waals surface area contributed by atoms with Crippen LogP contribution in [0, 0.1) is 11.8 Å². The summed E-state index contributed by atoms with van der Waals surface area (Å²) < 4.78 is 0. The van der Waals surface area contributed by atoms with E-state index in [0.29, 0.717) is 11.8 Å². The van der Waals surface area contributed by atoms with Crippen LogP contribution in [0.3, 0.4) is 0 Å². The molecular weight excluding hydrogens is 436 g/mol. The molecule has 1 saturated heterocycles. The molecule has 186 valence electrons. The van der Waals surface area contributed by atoms with Crippen molar-refractivity contribution in [2.75, 3.05) is 11.4 Å². The topological polar surface area (TPSA) is 74.3 Å². The first kappa shape index (κ1) is 24.0. The molecule has 2 aliphatic carbocycles. The summed E-state index contributed by atoms with van der Waals surface area (Å²) >= 11 is 0. The zero-order chi connectivity index (χ0) is 24.6. The highest BCUT2D eigenvalue weighted by molar-refractivity contribution is 6.04. The number of carbonyl (C=O) groups excluding carboxylic acids is 2. The van der Waals surface area contributed by atoms with Crippen molar-refractivity contribution in [1.29, 1.82) is 0 Å². The zero-order valence-electron chi connectivity index (χ0n) is 21.2. The molecule has 1 aliphatic heterocycles. The second-order valence-electron chi connectivity index (χ2n) is 11.6. The van der Waals surface area contributed by atoms with Gasteiger partial charge in [-0.15, -0.1) is 0 Å². The summed E-state index contributed by atoms with van der Waals surface area (Å²) in [5.74, 6) is 0.812. The van der Waals surface area contributed by atoms with Gasteiger partial charge >= 0.3 is 0 Å². The Morgan fingerprint density at radius 1 is 1.09 bits per heavy atom. The number of anilines is 1. The summed E-state index contributed by atoms with van der Waals surface area (Å²) in [5, 5.41) is 6.72. The Labute approximate surface area is 208 Å². The minimum atomic E-state index is -0.766. The highest BCUT2D eigenvalue weighted by atomic mass is 16.2. The van der Waals surface area contributed by atoms with Gasteiger partial charge in [-0.2, -0.15) is 0 Å². The van der Waals surface area contributed by atoms with Crippen LogP contribution in [-0.4, -0.2) is 35.4 Å². The van der Waals surface area contributed by atoms with E-state index < -0.39 is 6.04 Å². The number of fused-ring (bicyclic) bond motifs is 1. The van der Waals surface area contributed by atoms with Crippen LogP contribution in [0.2, 0.25) is 0 Å². The maximum atomic E-state index is 14.1. The van der Waals surface area contributed by atoms with Crippen molar-refractivity contribution >= 4 is 17.5 Å². The molecule has 2 aromatic rings.